The first-order chi connectivity index (χ1) is 16.4. The van der Waals surface area contributed by atoms with Crippen LogP contribution in [0.2, 0.25) is 5.02 Å². The third-order valence-electron chi connectivity index (χ3n) is 8.60. The van der Waals surface area contributed by atoms with Gasteiger partial charge in [-0.25, -0.2) is 0 Å². The number of carbonyl (C=O) groups excluding carboxylic acids is 1. The third kappa shape index (κ3) is 4.35. The van der Waals surface area contributed by atoms with E-state index in [0.717, 1.165) is 60.8 Å². The molecular weight excluding hydrogens is 469 g/mol. The number of aromatic nitrogens is 2. The number of alkyl halides is 1. The summed E-state index contributed by atoms with van der Waals surface area (Å²) in [4.78, 5) is 13.4. The topological polar surface area (TPSA) is 56.2 Å². The van der Waals surface area contributed by atoms with Crippen LogP contribution < -0.4 is 10.1 Å². The van der Waals surface area contributed by atoms with Crippen molar-refractivity contribution in [2.75, 3.05) is 19.0 Å². The Kier molecular flexibility index (Phi) is 6.87. The Morgan fingerprint density at radius 2 is 2.12 bits per heavy atom. The molecule has 2 aromatic rings. The molecule has 2 bridgehead atoms. The van der Waals surface area contributed by atoms with E-state index in [4.69, 9.17) is 33.0 Å². The summed E-state index contributed by atoms with van der Waals surface area (Å²) in [6, 6.07) is 5.71. The molecule has 7 heteroatoms. The van der Waals surface area contributed by atoms with Gasteiger partial charge in [-0.15, -0.1) is 11.6 Å². The van der Waals surface area contributed by atoms with Gasteiger partial charge in [-0.2, -0.15) is 5.10 Å². The van der Waals surface area contributed by atoms with Gasteiger partial charge in [-0.05, 0) is 73.5 Å². The lowest BCUT2D eigenvalue weighted by atomic mass is 9.45. The van der Waals surface area contributed by atoms with Gasteiger partial charge in [-0.1, -0.05) is 31.9 Å². The zero-order valence-electron chi connectivity index (χ0n) is 20.2. The molecule has 0 spiro atoms. The number of benzene rings is 1. The van der Waals surface area contributed by atoms with Crippen LogP contribution in [0.25, 0.3) is 11.3 Å². The standard InChI is InChI=1S/C27H35Cl2N3O2/c1-27(2)18-7-6-17(22(27)14-18)16-30-26(33)24-21-10-13-34-23-15-19(29)8-9-20(23)25(21)32(31-24)12-5-3-4-11-28/h8-9,15,17-18,22H,3-7,10-14,16H2,1-2H3,(H,30,33). The van der Waals surface area contributed by atoms with Crippen LogP contribution in [0.5, 0.6) is 5.75 Å². The van der Waals surface area contributed by atoms with Crippen molar-refractivity contribution in [3.05, 3.63) is 34.5 Å². The molecule has 1 aliphatic heterocycles. The van der Waals surface area contributed by atoms with Crippen LogP contribution >= 0.6 is 23.2 Å². The predicted molar refractivity (Wildman–Crippen MR) is 137 cm³/mol. The predicted octanol–water partition coefficient (Wildman–Crippen LogP) is 6.35. The minimum Gasteiger partial charge on any atom is -0.492 e. The summed E-state index contributed by atoms with van der Waals surface area (Å²) in [7, 11) is 0. The Balaban J connectivity index is 1.40. The van der Waals surface area contributed by atoms with Gasteiger partial charge in [0.2, 0.25) is 0 Å². The van der Waals surface area contributed by atoms with E-state index >= 15 is 0 Å². The van der Waals surface area contributed by atoms with E-state index in [9.17, 15) is 4.79 Å². The SMILES string of the molecule is CC1(C)C2CCC(CNC(=O)c3nn(CCCCCCl)c4c3CCOc3cc(Cl)ccc3-4)C1C2. The molecule has 6 rings (SSSR count). The maximum absolute atomic E-state index is 13.4. The molecule has 1 aromatic heterocycles. The number of hydrogen-bond acceptors (Lipinski definition) is 3. The zero-order chi connectivity index (χ0) is 23.9. The molecule has 1 N–H and O–H groups in total. The van der Waals surface area contributed by atoms with E-state index in [1.54, 1.807) is 0 Å². The molecule has 2 heterocycles. The van der Waals surface area contributed by atoms with E-state index in [1.165, 1.54) is 19.3 Å². The number of nitrogens with zero attached hydrogens (tertiary/aromatic N) is 2. The smallest absolute Gasteiger partial charge is 0.272 e. The number of amides is 1. The largest absolute Gasteiger partial charge is 0.492 e. The Bertz CT molecular complexity index is 1060. The second kappa shape index (κ2) is 9.73. The maximum atomic E-state index is 13.4. The lowest BCUT2D eigenvalue weighted by Crippen LogP contribution is -2.54. The van der Waals surface area contributed by atoms with Crippen LogP contribution in [0.4, 0.5) is 0 Å². The Hall–Kier alpha value is -1.72. The molecule has 5 nitrogen and oxygen atoms in total. The molecule has 0 radical (unpaired) electrons. The van der Waals surface area contributed by atoms with Gasteiger partial charge in [-0.3, -0.25) is 9.48 Å². The summed E-state index contributed by atoms with van der Waals surface area (Å²) in [6.45, 7) is 6.78. The lowest BCUT2D eigenvalue weighted by Gasteiger charge is -2.60. The normalized spacial score (nSPS) is 24.3. The Morgan fingerprint density at radius 1 is 1.26 bits per heavy atom. The first kappa shape index (κ1) is 24.0. The second-order valence-electron chi connectivity index (χ2n) is 10.8. The molecule has 0 saturated heterocycles. The summed E-state index contributed by atoms with van der Waals surface area (Å²) in [5.41, 5.74) is 3.87. The highest BCUT2D eigenvalue weighted by Gasteiger charge is 2.54. The summed E-state index contributed by atoms with van der Waals surface area (Å²) < 4.78 is 8.03. The molecule has 1 amide bonds. The Morgan fingerprint density at radius 3 is 2.88 bits per heavy atom. The monoisotopic (exact) mass is 503 g/mol. The van der Waals surface area contributed by atoms with Gasteiger partial charge in [0.25, 0.3) is 5.91 Å². The van der Waals surface area contributed by atoms with Crippen molar-refractivity contribution in [2.45, 2.75) is 65.3 Å². The average molecular weight is 505 g/mol. The van der Waals surface area contributed by atoms with Gasteiger partial charge < -0.3 is 10.1 Å². The van der Waals surface area contributed by atoms with Crippen molar-refractivity contribution in [3.63, 3.8) is 0 Å². The fraction of sp³-hybridized carbons (Fsp3) is 0.630. The van der Waals surface area contributed by atoms with Crippen molar-refractivity contribution in [1.82, 2.24) is 15.1 Å². The maximum Gasteiger partial charge on any atom is 0.272 e. The van der Waals surface area contributed by atoms with Gasteiger partial charge >= 0.3 is 0 Å². The molecule has 3 fully saturated rings. The molecule has 34 heavy (non-hydrogen) atoms. The molecule has 1 aromatic carbocycles. The molecule has 3 atom stereocenters. The number of nitrogens with one attached hydrogen (secondary N) is 1. The van der Waals surface area contributed by atoms with Crippen LogP contribution in [0.1, 0.15) is 68.4 Å². The fourth-order valence-corrected chi connectivity index (χ4v) is 6.85. The number of aryl methyl sites for hydroxylation is 1. The number of unbranched alkanes of at least 4 members (excludes halogenated alkanes) is 2. The lowest BCUT2D eigenvalue weighted by molar-refractivity contribution is -0.103. The van der Waals surface area contributed by atoms with Crippen LogP contribution in [0.3, 0.4) is 0 Å². The quantitative estimate of drug-likeness (QED) is 0.337. The third-order valence-corrected chi connectivity index (χ3v) is 9.11. The van der Waals surface area contributed by atoms with Crippen molar-refractivity contribution in [1.29, 1.82) is 0 Å². The van der Waals surface area contributed by atoms with Crippen molar-refractivity contribution < 1.29 is 9.53 Å². The van der Waals surface area contributed by atoms with Crippen LogP contribution in [-0.4, -0.2) is 34.7 Å². The van der Waals surface area contributed by atoms with E-state index < -0.39 is 0 Å². The van der Waals surface area contributed by atoms with E-state index in [-0.39, 0.29) is 5.91 Å². The first-order valence-electron chi connectivity index (χ1n) is 12.8. The van der Waals surface area contributed by atoms with Gasteiger partial charge in [0, 0.05) is 41.5 Å². The van der Waals surface area contributed by atoms with Gasteiger partial charge in [0.15, 0.2) is 5.69 Å². The number of ether oxygens (including phenoxy) is 1. The highest BCUT2D eigenvalue weighted by Crippen LogP contribution is 2.61. The molecule has 3 saturated carbocycles. The fourth-order valence-electron chi connectivity index (χ4n) is 6.50. The van der Waals surface area contributed by atoms with Crippen molar-refractivity contribution in [3.8, 4) is 17.0 Å². The number of hydrogen-bond donors (Lipinski definition) is 1. The van der Waals surface area contributed by atoms with Gasteiger partial charge in [0.05, 0.1) is 12.3 Å². The average Bonchev–Trinajstić information content (AvgIpc) is 3.07. The van der Waals surface area contributed by atoms with E-state index in [2.05, 4.69) is 19.2 Å². The number of fused-ring (bicyclic) bond motifs is 5. The summed E-state index contributed by atoms with van der Waals surface area (Å²) in [5.74, 6) is 3.50. The minimum atomic E-state index is -0.0626. The minimum absolute atomic E-state index is 0.0626. The summed E-state index contributed by atoms with van der Waals surface area (Å²) >= 11 is 12.1. The molecule has 184 valence electrons. The number of rotatable bonds is 8. The number of carbonyl (C=O) groups is 1. The van der Waals surface area contributed by atoms with E-state index in [1.807, 2.05) is 22.9 Å². The van der Waals surface area contributed by atoms with Crippen LogP contribution in [-0.2, 0) is 13.0 Å². The zero-order valence-corrected chi connectivity index (χ0v) is 21.7. The first-order valence-corrected chi connectivity index (χ1v) is 13.7. The number of halogens is 2. The van der Waals surface area contributed by atoms with Gasteiger partial charge in [0.1, 0.15) is 5.75 Å². The summed E-state index contributed by atoms with van der Waals surface area (Å²) in [6.07, 6.45) is 7.44. The molecule has 3 aliphatic carbocycles. The summed E-state index contributed by atoms with van der Waals surface area (Å²) in [5, 5.41) is 8.76. The van der Waals surface area contributed by atoms with Crippen molar-refractivity contribution >= 4 is 29.1 Å². The Labute approximate surface area is 212 Å². The molecule has 3 unspecified atom stereocenters. The van der Waals surface area contributed by atoms with Crippen LogP contribution in [0.15, 0.2) is 18.2 Å². The molecule has 4 aliphatic rings. The molecular formula is C27H35Cl2N3O2. The second-order valence-corrected chi connectivity index (χ2v) is 11.6. The van der Waals surface area contributed by atoms with E-state index in [0.29, 0.717) is 46.9 Å². The highest BCUT2D eigenvalue weighted by molar-refractivity contribution is 6.30. The van der Waals surface area contributed by atoms with Crippen LogP contribution in [0, 0.1) is 23.2 Å². The van der Waals surface area contributed by atoms with Crippen molar-refractivity contribution in [2.24, 2.45) is 23.2 Å². The highest BCUT2D eigenvalue weighted by atomic mass is 35.5.